The van der Waals surface area contributed by atoms with Gasteiger partial charge < -0.3 is 15.4 Å². The number of hydrogen-bond acceptors (Lipinski definition) is 5. The summed E-state index contributed by atoms with van der Waals surface area (Å²) >= 11 is 0. The van der Waals surface area contributed by atoms with Crippen molar-refractivity contribution >= 4 is 39.2 Å². The number of methoxy groups -OCH3 is 1. The highest BCUT2D eigenvalue weighted by atomic mass is 32.2. The monoisotopic (exact) mass is 377 g/mol. The predicted molar refractivity (Wildman–Crippen MR) is 106 cm³/mol. The normalized spacial score (nSPS) is 19.4. The SMILES string of the molecule is CCNC(=O)S1=CC=C(NC(=O)NC2=NC=C(C)N=CC2)CC(OC)=C1. The molecule has 0 aromatic rings. The molecule has 8 nitrogen and oxygen atoms in total. The van der Waals surface area contributed by atoms with Crippen LogP contribution in [-0.2, 0) is 4.74 Å². The van der Waals surface area contributed by atoms with Gasteiger partial charge in [0.25, 0.3) is 5.24 Å². The zero-order valence-corrected chi connectivity index (χ0v) is 15.9. The molecule has 3 amide bonds. The van der Waals surface area contributed by atoms with E-state index in [0.29, 0.717) is 36.7 Å². The second-order valence-electron chi connectivity index (χ2n) is 5.42. The first-order valence-electron chi connectivity index (χ1n) is 8.14. The highest BCUT2D eigenvalue weighted by Gasteiger charge is 2.14. The molecule has 0 saturated heterocycles. The van der Waals surface area contributed by atoms with Crippen molar-refractivity contribution in [2.45, 2.75) is 26.7 Å². The van der Waals surface area contributed by atoms with Crippen LogP contribution in [0.5, 0.6) is 0 Å². The number of carbonyl (C=O) groups excluding carboxylic acids is 2. The standard InChI is InChI=1S/C17H23N5O3S/c1-4-18-17(24)26-8-6-13(9-14(11-26)25-3)21-16(23)22-15-5-7-19-12(2)10-20-15/h6-8,10-11H,4-5,9H2,1-3H3,(H,18,24)(H2,20,21,22,23). The maximum atomic E-state index is 12.2. The van der Waals surface area contributed by atoms with E-state index in [1.54, 1.807) is 36.4 Å². The summed E-state index contributed by atoms with van der Waals surface area (Å²) in [5, 5.41) is 11.7. The van der Waals surface area contributed by atoms with Gasteiger partial charge in [0.2, 0.25) is 0 Å². The Morgan fingerprint density at radius 1 is 1.35 bits per heavy atom. The van der Waals surface area contributed by atoms with Gasteiger partial charge in [-0.05, 0) is 25.3 Å². The number of nitrogens with one attached hydrogen (secondary N) is 3. The Morgan fingerprint density at radius 2 is 2.15 bits per heavy atom. The van der Waals surface area contributed by atoms with E-state index in [-0.39, 0.29) is 5.24 Å². The molecule has 140 valence electrons. The molecule has 0 spiro atoms. The number of carbonyl (C=O) groups is 2. The molecule has 1 atom stereocenters. The van der Waals surface area contributed by atoms with E-state index in [9.17, 15) is 9.59 Å². The average molecular weight is 377 g/mol. The lowest BCUT2D eigenvalue weighted by atomic mass is 10.2. The minimum atomic E-state index is -0.744. The lowest BCUT2D eigenvalue weighted by molar-refractivity contribution is 0.246. The molecule has 0 aliphatic carbocycles. The number of allylic oxidation sites excluding steroid dienone is 2. The Bertz CT molecular complexity index is 762. The van der Waals surface area contributed by atoms with Crippen LogP contribution in [-0.4, -0.2) is 42.3 Å². The fraction of sp³-hybridized carbons (Fsp3) is 0.353. The predicted octanol–water partition coefficient (Wildman–Crippen LogP) is 2.60. The molecule has 0 aromatic carbocycles. The van der Waals surface area contributed by atoms with Gasteiger partial charge in [-0.15, -0.1) is 0 Å². The van der Waals surface area contributed by atoms with Crippen LogP contribution in [0, 0.1) is 0 Å². The van der Waals surface area contributed by atoms with E-state index in [4.69, 9.17) is 4.74 Å². The van der Waals surface area contributed by atoms with Gasteiger partial charge >= 0.3 is 6.03 Å². The van der Waals surface area contributed by atoms with E-state index in [2.05, 4.69) is 25.9 Å². The number of amidine groups is 1. The molecule has 0 aromatic heterocycles. The van der Waals surface area contributed by atoms with Crippen molar-refractivity contribution in [2.75, 3.05) is 13.7 Å². The molecule has 2 heterocycles. The van der Waals surface area contributed by atoms with Crippen molar-refractivity contribution in [3.8, 4) is 0 Å². The van der Waals surface area contributed by atoms with Crippen molar-refractivity contribution in [3.05, 3.63) is 34.8 Å². The number of aliphatic imine (C=N–C) groups is 2. The first-order valence-corrected chi connectivity index (χ1v) is 9.49. The first-order chi connectivity index (χ1) is 12.5. The van der Waals surface area contributed by atoms with Gasteiger partial charge in [-0.3, -0.25) is 15.1 Å². The van der Waals surface area contributed by atoms with Crippen LogP contribution in [0.3, 0.4) is 0 Å². The Kier molecular flexibility index (Phi) is 7.34. The minimum absolute atomic E-state index is 0.0849. The largest absolute Gasteiger partial charge is 0.500 e. The maximum absolute atomic E-state index is 12.2. The van der Waals surface area contributed by atoms with Gasteiger partial charge in [0, 0.05) is 36.7 Å². The minimum Gasteiger partial charge on any atom is -0.500 e. The highest BCUT2D eigenvalue weighted by Crippen LogP contribution is 2.24. The molecule has 0 saturated carbocycles. The van der Waals surface area contributed by atoms with Crippen molar-refractivity contribution < 1.29 is 14.3 Å². The Morgan fingerprint density at radius 3 is 2.88 bits per heavy atom. The van der Waals surface area contributed by atoms with E-state index in [0.717, 1.165) is 5.70 Å². The molecule has 2 aliphatic rings. The Labute approximate surface area is 155 Å². The highest BCUT2D eigenvalue weighted by molar-refractivity contribution is 8.30. The molecule has 0 bridgehead atoms. The van der Waals surface area contributed by atoms with E-state index >= 15 is 0 Å². The van der Waals surface area contributed by atoms with Crippen LogP contribution in [0.15, 0.2) is 44.8 Å². The number of rotatable bonds is 3. The molecule has 0 fully saturated rings. The molecule has 9 heteroatoms. The lowest BCUT2D eigenvalue weighted by Crippen LogP contribution is -2.39. The molecule has 3 N–H and O–H groups in total. The Hall–Kier alpha value is -2.68. The number of amides is 3. The van der Waals surface area contributed by atoms with Crippen LogP contribution in [0.1, 0.15) is 26.7 Å². The molecule has 0 radical (unpaired) electrons. The number of hydrogen-bond donors (Lipinski definition) is 3. The first kappa shape index (κ1) is 19.6. The van der Waals surface area contributed by atoms with Crippen LogP contribution >= 0.6 is 10.5 Å². The molecular formula is C17H23N5O3S. The van der Waals surface area contributed by atoms with Crippen molar-refractivity contribution in [1.82, 2.24) is 16.0 Å². The molecule has 2 aliphatic heterocycles. The molecular weight excluding hydrogens is 354 g/mol. The van der Waals surface area contributed by atoms with Crippen LogP contribution < -0.4 is 16.0 Å². The van der Waals surface area contributed by atoms with Crippen molar-refractivity contribution in [3.63, 3.8) is 0 Å². The second kappa shape index (κ2) is 9.71. The molecule has 26 heavy (non-hydrogen) atoms. The van der Waals surface area contributed by atoms with Gasteiger partial charge in [0.05, 0.1) is 19.0 Å². The summed E-state index contributed by atoms with van der Waals surface area (Å²) in [4.78, 5) is 32.6. The van der Waals surface area contributed by atoms with E-state index < -0.39 is 16.5 Å². The fourth-order valence-electron chi connectivity index (χ4n) is 2.10. The van der Waals surface area contributed by atoms with Crippen molar-refractivity contribution in [2.24, 2.45) is 9.98 Å². The van der Waals surface area contributed by atoms with Crippen LogP contribution in [0.4, 0.5) is 9.59 Å². The second-order valence-corrected chi connectivity index (χ2v) is 7.05. The third-order valence-corrected chi connectivity index (χ3v) is 4.87. The summed E-state index contributed by atoms with van der Waals surface area (Å²) in [6, 6.07) is -0.403. The third kappa shape index (κ3) is 5.99. The number of ether oxygens (including phenoxy) is 1. The summed E-state index contributed by atoms with van der Waals surface area (Å²) in [5.74, 6) is 1.13. The van der Waals surface area contributed by atoms with Crippen LogP contribution in [0.2, 0.25) is 0 Å². The summed E-state index contributed by atoms with van der Waals surface area (Å²) in [6.07, 6.45) is 5.86. The quantitative estimate of drug-likeness (QED) is 0.659. The number of urea groups is 1. The lowest BCUT2D eigenvalue weighted by Gasteiger charge is -2.12. The maximum Gasteiger partial charge on any atom is 0.324 e. The fourth-order valence-corrected chi connectivity index (χ4v) is 3.49. The third-order valence-electron chi connectivity index (χ3n) is 3.35. The zero-order chi connectivity index (χ0) is 18.9. The van der Waals surface area contributed by atoms with Gasteiger partial charge in [-0.2, -0.15) is 0 Å². The number of nitrogens with zero attached hydrogens (tertiary/aromatic N) is 2. The molecule has 1 unspecified atom stereocenters. The smallest absolute Gasteiger partial charge is 0.324 e. The molecule has 2 rings (SSSR count). The summed E-state index contributed by atoms with van der Waals surface area (Å²) in [5.41, 5.74) is 1.40. The summed E-state index contributed by atoms with van der Waals surface area (Å²) < 4.78 is 5.33. The van der Waals surface area contributed by atoms with Gasteiger partial charge in [0.1, 0.15) is 11.6 Å². The van der Waals surface area contributed by atoms with Crippen molar-refractivity contribution in [1.29, 1.82) is 0 Å². The average Bonchev–Trinajstić information content (AvgIpc) is 2.93. The summed E-state index contributed by atoms with van der Waals surface area (Å²) in [6.45, 7) is 4.26. The van der Waals surface area contributed by atoms with Gasteiger partial charge in [-0.25, -0.2) is 9.79 Å². The topological polar surface area (TPSA) is 104 Å². The van der Waals surface area contributed by atoms with Gasteiger partial charge in [-0.1, -0.05) is 10.5 Å². The zero-order valence-electron chi connectivity index (χ0n) is 15.0. The van der Waals surface area contributed by atoms with Gasteiger partial charge in [0.15, 0.2) is 0 Å². The van der Waals surface area contributed by atoms with E-state index in [1.165, 1.54) is 0 Å². The summed E-state index contributed by atoms with van der Waals surface area (Å²) in [7, 11) is 0.800. The van der Waals surface area contributed by atoms with E-state index in [1.807, 2.05) is 13.8 Å². The van der Waals surface area contributed by atoms with Crippen LogP contribution in [0.25, 0.3) is 0 Å². The Balaban J connectivity index is 2.06.